The molecule has 3 heteroatoms. The van der Waals surface area contributed by atoms with E-state index < -0.39 is 0 Å². The lowest BCUT2D eigenvalue weighted by atomic mass is 10.0. The number of benzene rings is 4. The van der Waals surface area contributed by atoms with Gasteiger partial charge in [0.25, 0.3) is 0 Å². The highest BCUT2D eigenvalue weighted by Gasteiger charge is 2.14. The van der Waals surface area contributed by atoms with Gasteiger partial charge in [0.2, 0.25) is 0 Å². The molecule has 0 aliphatic carbocycles. The zero-order chi connectivity index (χ0) is 23.3. The molecule has 1 heterocycles. The second-order valence-electron chi connectivity index (χ2n) is 8.32. The maximum Gasteiger partial charge on any atom is 0.0705 e. The predicted molar refractivity (Wildman–Crippen MR) is 152 cm³/mol. The Labute approximate surface area is 214 Å². The van der Waals surface area contributed by atoms with Gasteiger partial charge >= 0.3 is 0 Å². The summed E-state index contributed by atoms with van der Waals surface area (Å²) in [5.74, 6) is 0. The average Bonchev–Trinajstić information content (AvgIpc) is 3.33. The third-order valence-electron chi connectivity index (χ3n) is 5.93. The minimum Gasteiger partial charge on any atom is -0.310 e. The van der Waals surface area contributed by atoms with Crippen molar-refractivity contribution in [3.63, 3.8) is 0 Å². The molecule has 0 spiro atoms. The molecular formula is C31H26BrNS. The van der Waals surface area contributed by atoms with Crippen molar-refractivity contribution in [1.82, 2.24) is 0 Å². The van der Waals surface area contributed by atoms with Gasteiger partial charge in [-0.15, -0.1) is 11.3 Å². The number of rotatable bonds is 7. The van der Waals surface area contributed by atoms with Crippen molar-refractivity contribution in [3.05, 3.63) is 125 Å². The van der Waals surface area contributed by atoms with Crippen LogP contribution in [0.2, 0.25) is 0 Å². The van der Waals surface area contributed by atoms with Crippen LogP contribution in [0.15, 0.2) is 119 Å². The lowest BCUT2D eigenvalue weighted by molar-refractivity contribution is 0.922. The maximum atomic E-state index is 3.58. The first-order valence-corrected chi connectivity index (χ1v) is 13.2. The van der Waals surface area contributed by atoms with Gasteiger partial charge in [0.1, 0.15) is 0 Å². The van der Waals surface area contributed by atoms with Gasteiger partial charge in [-0.05, 0) is 93.1 Å². The zero-order valence-corrected chi connectivity index (χ0v) is 21.5. The normalized spacial score (nSPS) is 10.9. The Morgan fingerprint density at radius 1 is 0.618 bits per heavy atom. The summed E-state index contributed by atoms with van der Waals surface area (Å²) in [5.41, 5.74) is 8.51. The maximum absolute atomic E-state index is 3.58. The van der Waals surface area contributed by atoms with E-state index in [1.165, 1.54) is 27.1 Å². The monoisotopic (exact) mass is 523 g/mol. The van der Waals surface area contributed by atoms with Crippen LogP contribution in [0.3, 0.4) is 0 Å². The number of hydrogen-bond acceptors (Lipinski definition) is 2. The fourth-order valence-corrected chi connectivity index (χ4v) is 5.64. The third-order valence-corrected chi connectivity index (χ3v) is 7.60. The molecule has 0 unspecified atom stereocenters. The molecule has 0 N–H and O–H groups in total. The highest BCUT2D eigenvalue weighted by molar-refractivity contribution is 9.11. The fraction of sp³-hybridized carbons (Fsp3) is 0.0968. The minimum atomic E-state index is 1.11. The van der Waals surface area contributed by atoms with Gasteiger partial charge in [0.05, 0.1) is 3.79 Å². The summed E-state index contributed by atoms with van der Waals surface area (Å²) >= 11 is 5.34. The van der Waals surface area contributed by atoms with Gasteiger partial charge in [-0.2, -0.15) is 0 Å². The van der Waals surface area contributed by atoms with Gasteiger partial charge in [-0.25, -0.2) is 0 Å². The standard InChI is InChI=1S/C31H26BrNS/c1-2-7-23-12-16-27(17-13-23)33(28-18-14-25(15-19-28)30-20-21-31(32)34-30)29-11-6-10-26(22-29)24-8-4-3-5-9-24/h3-6,8-22H,2,7H2,1H3. The van der Waals surface area contributed by atoms with E-state index >= 15 is 0 Å². The van der Waals surface area contributed by atoms with Gasteiger partial charge in [-0.1, -0.05) is 80.1 Å². The number of thiophene rings is 1. The summed E-state index contributed by atoms with van der Waals surface area (Å²) in [6.45, 7) is 2.23. The van der Waals surface area contributed by atoms with Crippen LogP contribution < -0.4 is 4.90 Å². The molecule has 0 aliphatic heterocycles. The quantitative estimate of drug-likeness (QED) is 0.205. The summed E-state index contributed by atoms with van der Waals surface area (Å²) in [4.78, 5) is 3.61. The largest absolute Gasteiger partial charge is 0.310 e. The van der Waals surface area contributed by atoms with E-state index in [2.05, 4.69) is 143 Å². The minimum absolute atomic E-state index is 1.11. The highest BCUT2D eigenvalue weighted by Crippen LogP contribution is 2.38. The van der Waals surface area contributed by atoms with E-state index in [-0.39, 0.29) is 0 Å². The van der Waals surface area contributed by atoms with Crippen LogP contribution in [-0.4, -0.2) is 0 Å². The topological polar surface area (TPSA) is 3.24 Å². The third kappa shape index (κ3) is 5.01. The van der Waals surface area contributed by atoms with Crippen molar-refractivity contribution in [2.75, 3.05) is 4.90 Å². The first-order valence-electron chi connectivity index (χ1n) is 11.6. The molecule has 4 aromatic carbocycles. The summed E-state index contributed by atoms with van der Waals surface area (Å²) in [5, 5.41) is 0. The lowest BCUT2D eigenvalue weighted by Gasteiger charge is -2.26. The Kier molecular flexibility index (Phi) is 6.94. The van der Waals surface area contributed by atoms with Gasteiger partial charge in [0, 0.05) is 21.9 Å². The second kappa shape index (κ2) is 10.4. The smallest absolute Gasteiger partial charge is 0.0705 e. The van der Waals surface area contributed by atoms with Crippen LogP contribution in [0.1, 0.15) is 18.9 Å². The average molecular weight is 525 g/mol. The summed E-state index contributed by atoms with van der Waals surface area (Å²) in [6, 6.07) is 41.5. The highest BCUT2D eigenvalue weighted by atomic mass is 79.9. The molecule has 0 saturated heterocycles. The van der Waals surface area contributed by atoms with Crippen molar-refractivity contribution in [3.8, 4) is 21.6 Å². The van der Waals surface area contributed by atoms with Crippen LogP contribution in [-0.2, 0) is 6.42 Å². The first kappa shape index (κ1) is 22.6. The van der Waals surface area contributed by atoms with Crippen LogP contribution in [0.4, 0.5) is 17.1 Å². The van der Waals surface area contributed by atoms with Crippen molar-refractivity contribution in [2.24, 2.45) is 0 Å². The predicted octanol–water partition coefficient (Wildman–Crippen LogP) is 10.3. The van der Waals surface area contributed by atoms with Crippen LogP contribution in [0.5, 0.6) is 0 Å². The van der Waals surface area contributed by atoms with E-state index in [4.69, 9.17) is 0 Å². The van der Waals surface area contributed by atoms with Crippen LogP contribution in [0.25, 0.3) is 21.6 Å². The molecule has 168 valence electrons. The molecule has 1 aromatic heterocycles. The van der Waals surface area contributed by atoms with Crippen molar-refractivity contribution in [2.45, 2.75) is 19.8 Å². The van der Waals surface area contributed by atoms with E-state index in [1.54, 1.807) is 11.3 Å². The fourth-order valence-electron chi connectivity index (χ4n) is 4.25. The molecule has 0 fully saturated rings. The molecule has 1 nitrogen and oxygen atoms in total. The number of nitrogens with zero attached hydrogens (tertiary/aromatic N) is 1. The van der Waals surface area contributed by atoms with Crippen LogP contribution >= 0.6 is 27.3 Å². The number of halogens is 1. The van der Waals surface area contributed by atoms with Gasteiger partial charge < -0.3 is 4.90 Å². The van der Waals surface area contributed by atoms with Crippen molar-refractivity contribution >= 4 is 44.3 Å². The SMILES string of the molecule is CCCc1ccc(N(c2ccc(-c3ccc(Br)s3)cc2)c2cccc(-c3ccccc3)c2)cc1. The molecule has 0 atom stereocenters. The Balaban J connectivity index is 1.57. The Hall–Kier alpha value is -3.14. The van der Waals surface area contributed by atoms with Gasteiger partial charge in [0.15, 0.2) is 0 Å². The molecule has 5 rings (SSSR count). The van der Waals surface area contributed by atoms with E-state index in [1.807, 2.05) is 0 Å². The molecule has 0 radical (unpaired) electrons. The lowest BCUT2D eigenvalue weighted by Crippen LogP contribution is -2.10. The van der Waals surface area contributed by atoms with Crippen molar-refractivity contribution in [1.29, 1.82) is 0 Å². The van der Waals surface area contributed by atoms with E-state index in [0.29, 0.717) is 0 Å². The molecule has 0 amide bonds. The number of hydrogen-bond donors (Lipinski definition) is 0. The Morgan fingerprint density at radius 2 is 1.29 bits per heavy atom. The summed E-state index contributed by atoms with van der Waals surface area (Å²) in [6.07, 6.45) is 2.26. The van der Waals surface area contributed by atoms with Gasteiger partial charge in [-0.3, -0.25) is 0 Å². The number of aryl methyl sites for hydroxylation is 1. The van der Waals surface area contributed by atoms with E-state index in [0.717, 1.165) is 33.7 Å². The number of anilines is 3. The molecule has 0 saturated carbocycles. The second-order valence-corrected chi connectivity index (χ2v) is 10.8. The first-order chi connectivity index (χ1) is 16.7. The molecule has 5 aromatic rings. The summed E-state index contributed by atoms with van der Waals surface area (Å²) < 4.78 is 1.15. The Morgan fingerprint density at radius 3 is 1.94 bits per heavy atom. The summed E-state index contributed by atoms with van der Waals surface area (Å²) in [7, 11) is 0. The van der Waals surface area contributed by atoms with Crippen LogP contribution in [0, 0.1) is 0 Å². The van der Waals surface area contributed by atoms with E-state index in [9.17, 15) is 0 Å². The zero-order valence-electron chi connectivity index (χ0n) is 19.1. The molecule has 0 aliphatic rings. The molecule has 0 bridgehead atoms. The molecular weight excluding hydrogens is 498 g/mol. The molecule has 34 heavy (non-hydrogen) atoms. The van der Waals surface area contributed by atoms with Crippen molar-refractivity contribution < 1.29 is 0 Å². The Bertz CT molecular complexity index is 1360.